The molecule has 0 aliphatic carbocycles. The Hall–Kier alpha value is 1.63. The normalized spacial score (nSPS) is 14.7. The van der Waals surface area contributed by atoms with Crippen LogP contribution in [0.25, 0.3) is 0 Å². The van der Waals surface area contributed by atoms with Crippen molar-refractivity contribution in [3.05, 3.63) is 0 Å². The van der Waals surface area contributed by atoms with Crippen LogP contribution in [0, 0.1) is 0 Å². The zero-order valence-corrected chi connectivity index (χ0v) is 8.85. The van der Waals surface area contributed by atoms with Crippen LogP contribution in [0.3, 0.4) is 0 Å². The molecule has 0 saturated heterocycles. The fourth-order valence-corrected chi connectivity index (χ4v) is 2.16. The van der Waals surface area contributed by atoms with Crippen LogP contribution in [0.5, 0.6) is 0 Å². The van der Waals surface area contributed by atoms with Gasteiger partial charge in [-0.25, -0.2) is 0 Å². The predicted octanol–water partition coefficient (Wildman–Crippen LogP) is 1.87. The van der Waals surface area contributed by atoms with Gasteiger partial charge < -0.3 is 9.42 Å². The van der Waals surface area contributed by atoms with Crippen LogP contribution in [-0.4, -0.2) is 63.1 Å². The Balaban J connectivity index is 0. The van der Waals surface area contributed by atoms with Gasteiger partial charge in [-0.05, 0) is 13.3 Å². The van der Waals surface area contributed by atoms with E-state index in [1.54, 1.807) is 6.92 Å². The molecule has 0 spiro atoms. The molecule has 78 valence electrons. The monoisotopic (exact) mass is 284 g/mol. The SMILES string of the molecule is CCCCCCP(=O)(O)OCC.[SrH2]. The van der Waals surface area contributed by atoms with E-state index in [1.807, 2.05) is 0 Å². The maximum absolute atomic E-state index is 11.1. The average molecular weight is 284 g/mol. The Bertz CT molecular complexity index is 152. The van der Waals surface area contributed by atoms with Crippen LogP contribution >= 0.6 is 7.60 Å². The van der Waals surface area contributed by atoms with E-state index in [0.717, 1.165) is 25.7 Å². The third kappa shape index (κ3) is 11.6. The summed E-state index contributed by atoms with van der Waals surface area (Å²) in [4.78, 5) is 9.15. The molecule has 0 aromatic rings. The molecule has 0 amide bonds. The Morgan fingerprint density at radius 1 is 1.23 bits per heavy atom. The molecule has 0 radical (unpaired) electrons. The van der Waals surface area contributed by atoms with E-state index < -0.39 is 7.60 Å². The fraction of sp³-hybridized carbons (Fsp3) is 1.00. The third-order valence-electron chi connectivity index (χ3n) is 1.63. The van der Waals surface area contributed by atoms with Crippen molar-refractivity contribution in [1.29, 1.82) is 0 Å². The van der Waals surface area contributed by atoms with Crippen molar-refractivity contribution in [3.8, 4) is 0 Å². The van der Waals surface area contributed by atoms with Gasteiger partial charge in [0.25, 0.3) is 0 Å². The molecule has 0 heterocycles. The zero-order chi connectivity index (χ0) is 9.45. The first-order valence-electron chi connectivity index (χ1n) is 4.58. The molecule has 5 heteroatoms. The first-order chi connectivity index (χ1) is 5.62. The van der Waals surface area contributed by atoms with E-state index in [4.69, 9.17) is 9.42 Å². The summed E-state index contributed by atoms with van der Waals surface area (Å²) in [6, 6.07) is 0. The van der Waals surface area contributed by atoms with Crippen LogP contribution < -0.4 is 0 Å². The molecule has 0 aliphatic heterocycles. The van der Waals surface area contributed by atoms with Gasteiger partial charge in [0, 0.05) is 6.16 Å². The number of rotatable bonds is 7. The molecule has 13 heavy (non-hydrogen) atoms. The second-order valence-electron chi connectivity index (χ2n) is 2.84. The predicted molar refractivity (Wildman–Crippen MR) is 59.0 cm³/mol. The Kier molecular flexibility index (Phi) is 13.3. The molecule has 0 fully saturated rings. The van der Waals surface area contributed by atoms with Crippen molar-refractivity contribution < 1.29 is 14.0 Å². The van der Waals surface area contributed by atoms with Crippen molar-refractivity contribution in [2.45, 2.75) is 39.5 Å². The standard InChI is InChI=1S/C8H19O3P.Sr.2H/c1-3-5-6-7-8-12(9,10)11-4-2;;;/h3-8H2,1-2H3,(H,9,10);;;. The number of hydrogen-bond acceptors (Lipinski definition) is 2. The molecule has 0 aromatic heterocycles. The molecule has 1 atom stereocenters. The summed E-state index contributed by atoms with van der Waals surface area (Å²) < 4.78 is 15.8. The quantitative estimate of drug-likeness (QED) is 0.441. The van der Waals surface area contributed by atoms with Crippen molar-refractivity contribution in [2.75, 3.05) is 12.8 Å². The maximum atomic E-state index is 11.1. The minimum absolute atomic E-state index is 0. The van der Waals surface area contributed by atoms with Crippen molar-refractivity contribution in [3.63, 3.8) is 0 Å². The summed E-state index contributed by atoms with van der Waals surface area (Å²) in [5.41, 5.74) is 0. The van der Waals surface area contributed by atoms with E-state index in [2.05, 4.69) is 6.92 Å². The Morgan fingerprint density at radius 2 is 1.85 bits per heavy atom. The van der Waals surface area contributed by atoms with Gasteiger partial charge >= 0.3 is 53.1 Å². The van der Waals surface area contributed by atoms with Gasteiger partial charge in [0.05, 0.1) is 6.61 Å². The Morgan fingerprint density at radius 3 is 2.31 bits per heavy atom. The van der Waals surface area contributed by atoms with Gasteiger partial charge in [-0.3, -0.25) is 4.57 Å². The summed E-state index contributed by atoms with van der Waals surface area (Å²) in [7, 11) is -3.23. The van der Waals surface area contributed by atoms with E-state index >= 15 is 0 Å². The van der Waals surface area contributed by atoms with Crippen LogP contribution in [0.15, 0.2) is 0 Å². The van der Waals surface area contributed by atoms with Gasteiger partial charge in [-0.1, -0.05) is 26.2 Å². The average Bonchev–Trinajstić information content (AvgIpc) is 1.98. The van der Waals surface area contributed by atoms with E-state index in [-0.39, 0.29) is 45.5 Å². The topological polar surface area (TPSA) is 46.5 Å². The van der Waals surface area contributed by atoms with Crippen molar-refractivity contribution in [2.24, 2.45) is 0 Å². The zero-order valence-electron chi connectivity index (χ0n) is 7.95. The van der Waals surface area contributed by atoms with Crippen molar-refractivity contribution >= 4 is 53.1 Å². The van der Waals surface area contributed by atoms with Crippen LogP contribution in [0.2, 0.25) is 0 Å². The van der Waals surface area contributed by atoms with Gasteiger partial charge in [-0.15, -0.1) is 0 Å². The van der Waals surface area contributed by atoms with Gasteiger partial charge in [0.2, 0.25) is 0 Å². The summed E-state index contributed by atoms with van der Waals surface area (Å²) >= 11 is 0. The van der Waals surface area contributed by atoms with E-state index in [0.29, 0.717) is 12.8 Å². The number of hydrogen-bond donors (Lipinski definition) is 1. The summed E-state index contributed by atoms with van der Waals surface area (Å²) in [6.07, 6.45) is 4.40. The van der Waals surface area contributed by atoms with E-state index in [1.165, 1.54) is 0 Å². The molecule has 0 rings (SSSR count). The molecule has 0 aromatic carbocycles. The second kappa shape index (κ2) is 10.2. The molecular weight excluding hydrogens is 263 g/mol. The Labute approximate surface area is 118 Å². The fourth-order valence-electron chi connectivity index (χ4n) is 1.00. The summed E-state index contributed by atoms with van der Waals surface area (Å²) in [5, 5.41) is 0. The molecule has 0 saturated carbocycles. The second-order valence-corrected chi connectivity index (χ2v) is 4.82. The summed E-state index contributed by atoms with van der Waals surface area (Å²) in [6.45, 7) is 4.16. The first kappa shape index (κ1) is 17.0. The van der Waals surface area contributed by atoms with E-state index in [9.17, 15) is 4.57 Å². The van der Waals surface area contributed by atoms with Crippen molar-refractivity contribution in [1.82, 2.24) is 0 Å². The van der Waals surface area contributed by atoms with Crippen LogP contribution in [-0.2, 0) is 9.09 Å². The van der Waals surface area contributed by atoms with Gasteiger partial charge in [0.1, 0.15) is 0 Å². The van der Waals surface area contributed by atoms with Gasteiger partial charge in [-0.2, -0.15) is 0 Å². The number of unbranched alkanes of at least 4 members (excludes halogenated alkanes) is 3. The summed E-state index contributed by atoms with van der Waals surface area (Å²) in [5.74, 6) is 0. The molecule has 0 aliphatic rings. The molecule has 1 unspecified atom stereocenters. The third-order valence-corrected chi connectivity index (χ3v) is 3.17. The van der Waals surface area contributed by atoms with Gasteiger partial charge in [0.15, 0.2) is 0 Å². The van der Waals surface area contributed by atoms with Crippen LogP contribution in [0.1, 0.15) is 39.5 Å². The molecular formula is C8H21O3PSr. The van der Waals surface area contributed by atoms with Crippen LogP contribution in [0.4, 0.5) is 0 Å². The molecule has 1 N–H and O–H groups in total. The first-order valence-corrected chi connectivity index (χ1v) is 6.35. The molecule has 0 bridgehead atoms. The minimum atomic E-state index is -3.23. The molecule has 3 nitrogen and oxygen atoms in total.